The van der Waals surface area contributed by atoms with Crippen LogP contribution < -0.4 is 15.8 Å². The molecule has 0 spiro atoms. The number of carbonyl (C=O) groups excluding carboxylic acids is 2. The first kappa shape index (κ1) is 23.5. The summed E-state index contributed by atoms with van der Waals surface area (Å²) in [6.07, 6.45) is 0.689. The number of nitrogens with zero attached hydrogens (tertiary/aromatic N) is 1. The molecular formula is C21H28ClN3O3. The van der Waals surface area contributed by atoms with E-state index in [2.05, 4.69) is 5.32 Å². The van der Waals surface area contributed by atoms with Crippen molar-refractivity contribution in [3.8, 4) is 5.75 Å². The summed E-state index contributed by atoms with van der Waals surface area (Å²) >= 11 is 0. The third-order valence-corrected chi connectivity index (χ3v) is 4.31. The monoisotopic (exact) mass is 405 g/mol. The van der Waals surface area contributed by atoms with Gasteiger partial charge in [-0.15, -0.1) is 12.4 Å². The number of carbonyl (C=O) groups is 2. The fraction of sp³-hybridized carbons (Fsp3) is 0.333. The van der Waals surface area contributed by atoms with Crippen LogP contribution >= 0.6 is 12.4 Å². The van der Waals surface area contributed by atoms with E-state index in [1.165, 1.54) is 4.90 Å². The Balaban J connectivity index is 0.00000392. The Morgan fingerprint density at radius 2 is 1.75 bits per heavy atom. The van der Waals surface area contributed by atoms with Crippen LogP contribution in [-0.2, 0) is 11.3 Å². The molecule has 0 saturated carbocycles. The lowest BCUT2D eigenvalue weighted by atomic mass is 10.0. The minimum absolute atomic E-state index is 0. The first-order valence-electron chi connectivity index (χ1n) is 8.98. The highest BCUT2D eigenvalue weighted by Crippen LogP contribution is 2.27. The topological polar surface area (TPSA) is 84.7 Å². The molecule has 0 aromatic heterocycles. The molecule has 6 nitrogen and oxygen atoms in total. The number of para-hydroxylation sites is 1. The molecule has 2 aromatic rings. The standard InChI is InChI=1S/C21H27N3O3.ClH/c1-4-18(23-21(26)16-11-9-15(13-22)10-12-16)17-7-5-6-8-19(17)27-14-20(25)24(2)3;/h5-12,18H,4,13-14,22H2,1-3H3,(H,23,26);1H. The summed E-state index contributed by atoms with van der Waals surface area (Å²) in [5.74, 6) is 0.310. The van der Waals surface area contributed by atoms with Gasteiger partial charge in [0.15, 0.2) is 6.61 Å². The molecule has 0 aliphatic carbocycles. The molecule has 0 saturated heterocycles. The largest absolute Gasteiger partial charge is 0.483 e. The van der Waals surface area contributed by atoms with Gasteiger partial charge in [0.25, 0.3) is 11.8 Å². The molecule has 2 rings (SSSR count). The van der Waals surface area contributed by atoms with Crippen LogP contribution in [0.25, 0.3) is 0 Å². The number of amides is 2. The zero-order chi connectivity index (χ0) is 19.8. The first-order valence-corrected chi connectivity index (χ1v) is 8.98. The molecule has 152 valence electrons. The summed E-state index contributed by atoms with van der Waals surface area (Å²) in [7, 11) is 3.37. The molecule has 1 atom stereocenters. The number of benzene rings is 2. The Hall–Kier alpha value is -2.57. The van der Waals surface area contributed by atoms with E-state index in [1.807, 2.05) is 43.3 Å². The smallest absolute Gasteiger partial charge is 0.259 e. The highest BCUT2D eigenvalue weighted by atomic mass is 35.5. The van der Waals surface area contributed by atoms with E-state index in [-0.39, 0.29) is 36.9 Å². The van der Waals surface area contributed by atoms with Gasteiger partial charge in [0.2, 0.25) is 0 Å². The van der Waals surface area contributed by atoms with Gasteiger partial charge < -0.3 is 20.7 Å². The molecular weight excluding hydrogens is 378 g/mol. The molecule has 2 amide bonds. The lowest BCUT2D eigenvalue weighted by molar-refractivity contribution is -0.130. The van der Waals surface area contributed by atoms with Gasteiger partial charge in [-0.25, -0.2) is 0 Å². The number of nitrogens with two attached hydrogens (primary N) is 1. The molecule has 0 bridgehead atoms. The van der Waals surface area contributed by atoms with Crippen molar-refractivity contribution in [2.24, 2.45) is 5.73 Å². The van der Waals surface area contributed by atoms with Crippen LogP contribution in [-0.4, -0.2) is 37.4 Å². The van der Waals surface area contributed by atoms with E-state index in [9.17, 15) is 9.59 Å². The van der Waals surface area contributed by atoms with Gasteiger partial charge >= 0.3 is 0 Å². The maximum Gasteiger partial charge on any atom is 0.259 e. The Morgan fingerprint density at radius 1 is 1.11 bits per heavy atom. The van der Waals surface area contributed by atoms with Crippen molar-refractivity contribution in [2.75, 3.05) is 20.7 Å². The van der Waals surface area contributed by atoms with E-state index in [0.29, 0.717) is 24.3 Å². The molecule has 0 aliphatic heterocycles. The molecule has 2 aromatic carbocycles. The van der Waals surface area contributed by atoms with Crippen LogP contribution in [0.1, 0.15) is 40.9 Å². The van der Waals surface area contributed by atoms with Gasteiger partial charge in [0.05, 0.1) is 6.04 Å². The third kappa shape index (κ3) is 6.25. The molecule has 28 heavy (non-hydrogen) atoms. The predicted molar refractivity (Wildman–Crippen MR) is 113 cm³/mol. The van der Waals surface area contributed by atoms with Crippen molar-refractivity contribution in [1.82, 2.24) is 10.2 Å². The van der Waals surface area contributed by atoms with Crippen LogP contribution in [0.3, 0.4) is 0 Å². The summed E-state index contributed by atoms with van der Waals surface area (Å²) in [6.45, 7) is 2.38. The van der Waals surface area contributed by atoms with Crippen LogP contribution in [0.4, 0.5) is 0 Å². The summed E-state index contributed by atoms with van der Waals surface area (Å²) in [5.41, 5.74) is 7.99. The van der Waals surface area contributed by atoms with Crippen molar-refractivity contribution in [1.29, 1.82) is 0 Å². The number of hydrogen-bond acceptors (Lipinski definition) is 4. The SMILES string of the molecule is CCC(NC(=O)c1ccc(CN)cc1)c1ccccc1OCC(=O)N(C)C.Cl. The Bertz CT molecular complexity index is 779. The van der Waals surface area contributed by atoms with Crippen molar-refractivity contribution in [3.05, 3.63) is 65.2 Å². The van der Waals surface area contributed by atoms with Gasteiger partial charge in [0, 0.05) is 31.8 Å². The fourth-order valence-electron chi connectivity index (χ4n) is 2.60. The molecule has 3 N–H and O–H groups in total. The summed E-state index contributed by atoms with van der Waals surface area (Å²) in [6, 6.07) is 14.5. The van der Waals surface area contributed by atoms with Crippen molar-refractivity contribution < 1.29 is 14.3 Å². The maximum absolute atomic E-state index is 12.6. The average Bonchev–Trinajstić information content (AvgIpc) is 2.70. The summed E-state index contributed by atoms with van der Waals surface area (Å²) in [5, 5.41) is 3.04. The first-order chi connectivity index (χ1) is 13.0. The van der Waals surface area contributed by atoms with Gasteiger partial charge in [-0.05, 0) is 30.2 Å². The highest BCUT2D eigenvalue weighted by molar-refractivity contribution is 5.94. The molecule has 0 fully saturated rings. The second kappa shape index (κ2) is 11.3. The quantitative estimate of drug-likeness (QED) is 0.707. The van der Waals surface area contributed by atoms with E-state index >= 15 is 0 Å². The molecule has 0 aliphatic rings. The normalized spacial score (nSPS) is 11.1. The van der Waals surface area contributed by atoms with Crippen LogP contribution in [0.15, 0.2) is 48.5 Å². The number of likely N-dealkylation sites (N-methyl/N-ethyl adjacent to an activating group) is 1. The summed E-state index contributed by atoms with van der Waals surface area (Å²) < 4.78 is 5.70. The molecule has 1 unspecified atom stereocenters. The number of halogens is 1. The number of ether oxygens (including phenoxy) is 1. The van der Waals surface area contributed by atoms with Crippen LogP contribution in [0.5, 0.6) is 5.75 Å². The predicted octanol–water partition coefficient (Wildman–Crippen LogP) is 2.92. The maximum atomic E-state index is 12.6. The van der Waals surface area contributed by atoms with Crippen molar-refractivity contribution in [3.63, 3.8) is 0 Å². The zero-order valence-corrected chi connectivity index (χ0v) is 17.3. The fourth-order valence-corrected chi connectivity index (χ4v) is 2.60. The van der Waals surface area contributed by atoms with Gasteiger partial charge in [0.1, 0.15) is 5.75 Å². The zero-order valence-electron chi connectivity index (χ0n) is 16.5. The Kier molecular flexibility index (Phi) is 9.48. The van der Waals surface area contributed by atoms with Crippen LogP contribution in [0.2, 0.25) is 0 Å². The second-order valence-corrected chi connectivity index (χ2v) is 6.45. The highest BCUT2D eigenvalue weighted by Gasteiger charge is 2.18. The Labute approximate surface area is 172 Å². The lowest BCUT2D eigenvalue weighted by Crippen LogP contribution is -2.30. The number of nitrogens with one attached hydrogen (secondary N) is 1. The minimum atomic E-state index is -0.225. The summed E-state index contributed by atoms with van der Waals surface area (Å²) in [4.78, 5) is 25.9. The molecule has 0 radical (unpaired) electrons. The molecule has 7 heteroatoms. The minimum Gasteiger partial charge on any atom is -0.483 e. The lowest BCUT2D eigenvalue weighted by Gasteiger charge is -2.21. The van der Waals surface area contributed by atoms with Crippen LogP contribution in [0, 0.1) is 0 Å². The number of hydrogen-bond donors (Lipinski definition) is 2. The van der Waals surface area contributed by atoms with E-state index in [1.54, 1.807) is 26.2 Å². The van der Waals surface area contributed by atoms with Gasteiger partial charge in [-0.3, -0.25) is 9.59 Å². The van der Waals surface area contributed by atoms with Crippen molar-refractivity contribution in [2.45, 2.75) is 25.9 Å². The third-order valence-electron chi connectivity index (χ3n) is 4.31. The Morgan fingerprint density at radius 3 is 2.32 bits per heavy atom. The second-order valence-electron chi connectivity index (χ2n) is 6.45. The number of rotatable bonds is 8. The van der Waals surface area contributed by atoms with Crippen molar-refractivity contribution >= 4 is 24.2 Å². The van der Waals surface area contributed by atoms with Gasteiger partial charge in [-0.1, -0.05) is 37.3 Å². The van der Waals surface area contributed by atoms with E-state index in [0.717, 1.165) is 11.1 Å². The average molecular weight is 406 g/mol. The van der Waals surface area contributed by atoms with E-state index in [4.69, 9.17) is 10.5 Å². The van der Waals surface area contributed by atoms with Gasteiger partial charge in [-0.2, -0.15) is 0 Å². The molecule has 0 heterocycles. The van der Waals surface area contributed by atoms with E-state index < -0.39 is 0 Å².